The van der Waals surface area contributed by atoms with Crippen molar-refractivity contribution in [1.29, 1.82) is 0 Å². The van der Waals surface area contributed by atoms with Gasteiger partial charge in [-0.05, 0) is 19.3 Å². The van der Waals surface area contributed by atoms with Crippen LogP contribution >= 0.6 is 0 Å². The quantitative estimate of drug-likeness (QED) is 0.654. The van der Waals surface area contributed by atoms with Crippen LogP contribution in [0.5, 0.6) is 0 Å². The van der Waals surface area contributed by atoms with Crippen LogP contribution in [0.1, 0.15) is 33.6 Å². The highest BCUT2D eigenvalue weighted by atomic mass is 16.2. The van der Waals surface area contributed by atoms with Crippen molar-refractivity contribution in [3.05, 3.63) is 0 Å². The zero-order chi connectivity index (χ0) is 16.2. The maximum atomic E-state index is 12.0. The van der Waals surface area contributed by atoms with Crippen LogP contribution in [0.4, 0.5) is 4.79 Å². The molecule has 0 aliphatic carbocycles. The van der Waals surface area contributed by atoms with Gasteiger partial charge in [-0.3, -0.25) is 14.5 Å². The van der Waals surface area contributed by atoms with Gasteiger partial charge in [0.25, 0.3) is 0 Å². The number of nitrogens with one attached hydrogen (secondary N) is 1. The lowest BCUT2D eigenvalue weighted by Crippen LogP contribution is -2.55. The molecule has 3 N–H and O–H groups in total. The Morgan fingerprint density at radius 1 is 1.43 bits per heavy atom. The smallest absolute Gasteiger partial charge is 0.326 e. The van der Waals surface area contributed by atoms with Gasteiger partial charge in [-0.1, -0.05) is 13.8 Å². The van der Waals surface area contributed by atoms with Gasteiger partial charge in [-0.2, -0.15) is 0 Å². The summed E-state index contributed by atoms with van der Waals surface area (Å²) in [6.07, 6.45) is 0.721. The molecular weight excluding hydrogens is 272 g/mol. The zero-order valence-electron chi connectivity index (χ0n) is 13.3. The predicted octanol–water partition coefficient (Wildman–Crippen LogP) is 0.150. The molecule has 1 heterocycles. The number of carbonyl (C=O) groups excluding carboxylic acids is 3. The van der Waals surface area contributed by atoms with Crippen molar-refractivity contribution in [1.82, 2.24) is 15.1 Å². The van der Waals surface area contributed by atoms with Gasteiger partial charge in [0, 0.05) is 26.6 Å². The molecule has 0 saturated carbocycles. The second-order valence-electron chi connectivity index (χ2n) is 6.11. The molecule has 1 unspecified atom stereocenters. The van der Waals surface area contributed by atoms with Crippen LogP contribution in [-0.2, 0) is 9.59 Å². The SMILES string of the molecule is CC(C)C(C)(CN)NC(=O)CCCN1C(=O)CN(C)C1=O. The molecule has 0 spiro atoms. The van der Waals surface area contributed by atoms with E-state index in [1.54, 1.807) is 7.05 Å². The fourth-order valence-electron chi connectivity index (χ4n) is 2.10. The van der Waals surface area contributed by atoms with E-state index in [9.17, 15) is 14.4 Å². The standard InChI is InChI=1S/C14H26N4O3/c1-10(2)14(3,9-15)16-11(19)6-5-7-18-12(20)8-17(4)13(18)21/h10H,5-9,15H2,1-4H3,(H,16,19). The summed E-state index contributed by atoms with van der Waals surface area (Å²) in [7, 11) is 1.59. The van der Waals surface area contributed by atoms with Crippen LogP contribution in [0.3, 0.4) is 0 Å². The summed E-state index contributed by atoms with van der Waals surface area (Å²) in [4.78, 5) is 37.8. The summed E-state index contributed by atoms with van der Waals surface area (Å²) in [6, 6.07) is -0.297. The number of nitrogens with two attached hydrogens (primary N) is 1. The highest BCUT2D eigenvalue weighted by molar-refractivity contribution is 6.01. The molecule has 1 atom stereocenters. The molecule has 1 fully saturated rings. The summed E-state index contributed by atoms with van der Waals surface area (Å²) < 4.78 is 0. The first kappa shape index (κ1) is 17.4. The van der Waals surface area contributed by atoms with E-state index >= 15 is 0 Å². The molecule has 1 saturated heterocycles. The minimum absolute atomic E-state index is 0.107. The summed E-state index contributed by atoms with van der Waals surface area (Å²) in [6.45, 7) is 6.68. The van der Waals surface area contributed by atoms with Crippen LogP contribution in [0.25, 0.3) is 0 Å². The lowest BCUT2D eigenvalue weighted by atomic mass is 9.88. The highest BCUT2D eigenvalue weighted by Crippen LogP contribution is 2.15. The Balaban J connectivity index is 2.41. The molecule has 4 amide bonds. The minimum Gasteiger partial charge on any atom is -0.349 e. The molecule has 1 rings (SSSR count). The zero-order valence-corrected chi connectivity index (χ0v) is 13.3. The average molecular weight is 298 g/mol. The molecule has 0 aromatic heterocycles. The third kappa shape index (κ3) is 4.17. The van der Waals surface area contributed by atoms with E-state index in [2.05, 4.69) is 5.32 Å². The average Bonchev–Trinajstić information content (AvgIpc) is 2.64. The number of amides is 4. The van der Waals surface area contributed by atoms with Crippen LogP contribution in [0, 0.1) is 5.92 Å². The number of imide groups is 1. The number of carbonyl (C=O) groups is 3. The Kier molecular flexibility index (Phi) is 5.71. The van der Waals surface area contributed by atoms with Crippen LogP contribution in [-0.4, -0.2) is 59.9 Å². The molecule has 1 aliphatic heterocycles. The molecule has 0 aromatic carbocycles. The van der Waals surface area contributed by atoms with Crippen molar-refractivity contribution < 1.29 is 14.4 Å². The Morgan fingerprint density at radius 2 is 2.05 bits per heavy atom. The Bertz CT molecular complexity index is 424. The third-order valence-corrected chi connectivity index (χ3v) is 4.14. The Labute approximate surface area is 125 Å². The Morgan fingerprint density at radius 3 is 2.48 bits per heavy atom. The van der Waals surface area contributed by atoms with Crippen molar-refractivity contribution in [2.24, 2.45) is 11.7 Å². The number of hydrogen-bond acceptors (Lipinski definition) is 4. The maximum absolute atomic E-state index is 12.0. The van der Waals surface area contributed by atoms with Crippen LogP contribution in [0.2, 0.25) is 0 Å². The normalized spacial score (nSPS) is 18.4. The monoisotopic (exact) mass is 298 g/mol. The molecule has 120 valence electrons. The fourth-order valence-corrected chi connectivity index (χ4v) is 2.10. The maximum Gasteiger partial charge on any atom is 0.326 e. The molecule has 21 heavy (non-hydrogen) atoms. The summed E-state index contributed by atoms with van der Waals surface area (Å²) in [5.41, 5.74) is 5.28. The predicted molar refractivity (Wildman–Crippen MR) is 79.4 cm³/mol. The summed E-state index contributed by atoms with van der Waals surface area (Å²) in [5, 5.41) is 2.94. The van der Waals surface area contributed by atoms with Crippen molar-refractivity contribution in [2.45, 2.75) is 39.2 Å². The molecule has 0 bridgehead atoms. The van der Waals surface area contributed by atoms with Gasteiger partial charge < -0.3 is 16.0 Å². The number of urea groups is 1. The van der Waals surface area contributed by atoms with Gasteiger partial charge >= 0.3 is 6.03 Å². The van der Waals surface area contributed by atoms with Gasteiger partial charge in [-0.15, -0.1) is 0 Å². The van der Waals surface area contributed by atoms with Crippen molar-refractivity contribution in [2.75, 3.05) is 26.7 Å². The third-order valence-electron chi connectivity index (χ3n) is 4.14. The lowest BCUT2D eigenvalue weighted by Gasteiger charge is -2.33. The van der Waals surface area contributed by atoms with E-state index in [0.717, 1.165) is 0 Å². The van der Waals surface area contributed by atoms with E-state index in [-0.39, 0.29) is 43.3 Å². The molecule has 0 radical (unpaired) electrons. The number of likely N-dealkylation sites (N-methyl/N-ethyl adjacent to an activating group) is 1. The van der Waals surface area contributed by atoms with E-state index < -0.39 is 5.54 Å². The van der Waals surface area contributed by atoms with Gasteiger partial charge in [-0.25, -0.2) is 4.79 Å². The van der Waals surface area contributed by atoms with Crippen LogP contribution in [0.15, 0.2) is 0 Å². The lowest BCUT2D eigenvalue weighted by molar-refractivity contribution is -0.126. The van der Waals surface area contributed by atoms with Crippen molar-refractivity contribution >= 4 is 17.8 Å². The van der Waals surface area contributed by atoms with Crippen LogP contribution < -0.4 is 11.1 Å². The second kappa shape index (κ2) is 6.89. The van der Waals surface area contributed by atoms with Gasteiger partial charge in [0.05, 0.1) is 5.54 Å². The molecule has 0 aromatic rings. The van der Waals surface area contributed by atoms with Gasteiger partial charge in [0.1, 0.15) is 6.54 Å². The van der Waals surface area contributed by atoms with E-state index in [4.69, 9.17) is 5.73 Å². The topological polar surface area (TPSA) is 95.7 Å². The first-order chi connectivity index (χ1) is 9.71. The summed E-state index contributed by atoms with van der Waals surface area (Å²) >= 11 is 0. The fraction of sp³-hybridized carbons (Fsp3) is 0.786. The van der Waals surface area contributed by atoms with Crippen molar-refractivity contribution in [3.8, 4) is 0 Å². The summed E-state index contributed by atoms with van der Waals surface area (Å²) in [5.74, 6) is -0.0946. The minimum atomic E-state index is -0.434. The van der Waals surface area contributed by atoms with Crippen molar-refractivity contribution in [3.63, 3.8) is 0 Å². The molecule has 7 heteroatoms. The van der Waals surface area contributed by atoms with E-state index in [1.165, 1.54) is 9.80 Å². The Hall–Kier alpha value is -1.63. The molecule has 7 nitrogen and oxygen atoms in total. The number of nitrogens with zero attached hydrogens (tertiary/aromatic N) is 2. The first-order valence-corrected chi connectivity index (χ1v) is 7.28. The second-order valence-corrected chi connectivity index (χ2v) is 6.11. The first-order valence-electron chi connectivity index (χ1n) is 7.28. The van der Waals surface area contributed by atoms with Gasteiger partial charge in [0.15, 0.2) is 0 Å². The largest absolute Gasteiger partial charge is 0.349 e. The molecule has 1 aliphatic rings. The molecular formula is C14H26N4O3. The van der Waals surface area contributed by atoms with Gasteiger partial charge in [0.2, 0.25) is 11.8 Å². The number of hydrogen-bond donors (Lipinski definition) is 2. The highest BCUT2D eigenvalue weighted by Gasteiger charge is 2.33. The van der Waals surface area contributed by atoms with E-state index in [0.29, 0.717) is 13.0 Å². The van der Waals surface area contributed by atoms with E-state index in [1.807, 2.05) is 20.8 Å². The number of rotatable bonds is 7.